The van der Waals surface area contributed by atoms with Gasteiger partial charge in [-0.25, -0.2) is 0 Å². The van der Waals surface area contributed by atoms with Crippen LogP contribution in [0.5, 0.6) is 0 Å². The van der Waals surface area contributed by atoms with E-state index in [0.717, 1.165) is 35.6 Å². The van der Waals surface area contributed by atoms with E-state index in [-0.39, 0.29) is 0 Å². The third kappa shape index (κ3) is 6.32. The number of allylic oxidation sites excluding steroid dienone is 4. The number of hydrogen-bond acceptors (Lipinski definition) is 1. The van der Waals surface area contributed by atoms with Gasteiger partial charge in [0, 0.05) is 33.5 Å². The van der Waals surface area contributed by atoms with Crippen molar-refractivity contribution in [3.63, 3.8) is 0 Å². The Labute approximate surface area is 328 Å². The van der Waals surface area contributed by atoms with Gasteiger partial charge in [-0.2, -0.15) is 0 Å². The van der Waals surface area contributed by atoms with Gasteiger partial charge in [0.05, 0.1) is 11.0 Å². The van der Waals surface area contributed by atoms with Crippen LogP contribution in [0.3, 0.4) is 0 Å². The molecule has 0 N–H and O–H groups in total. The molecule has 8 aromatic carbocycles. The highest BCUT2D eigenvalue weighted by molar-refractivity contribution is 6.10. The lowest BCUT2D eigenvalue weighted by Crippen LogP contribution is -2.10. The Bertz CT molecular complexity index is 2760. The van der Waals surface area contributed by atoms with Gasteiger partial charge < -0.3 is 9.47 Å². The van der Waals surface area contributed by atoms with Gasteiger partial charge in [0.2, 0.25) is 0 Å². The van der Waals surface area contributed by atoms with Crippen LogP contribution < -0.4 is 4.90 Å². The molecule has 0 radical (unpaired) electrons. The van der Waals surface area contributed by atoms with E-state index in [1.807, 2.05) is 0 Å². The normalized spacial score (nSPS) is 12.5. The van der Waals surface area contributed by atoms with Crippen LogP contribution in [0.2, 0.25) is 0 Å². The summed E-state index contributed by atoms with van der Waals surface area (Å²) in [5.74, 6) is 0. The van der Waals surface area contributed by atoms with Crippen LogP contribution in [-0.2, 0) is 0 Å². The van der Waals surface area contributed by atoms with Crippen LogP contribution in [0.4, 0.5) is 17.1 Å². The highest BCUT2D eigenvalue weighted by atomic mass is 15.1. The molecule has 56 heavy (non-hydrogen) atoms. The fourth-order valence-corrected chi connectivity index (χ4v) is 8.21. The Morgan fingerprint density at radius 1 is 0.375 bits per heavy atom. The topological polar surface area (TPSA) is 8.17 Å². The minimum Gasteiger partial charge on any atom is -0.310 e. The van der Waals surface area contributed by atoms with Crippen molar-refractivity contribution in [1.29, 1.82) is 0 Å². The molecule has 0 bridgehead atoms. The van der Waals surface area contributed by atoms with E-state index in [1.165, 1.54) is 66.3 Å². The van der Waals surface area contributed by atoms with Gasteiger partial charge in [0.1, 0.15) is 0 Å². The number of aromatic nitrogens is 1. The molecule has 10 rings (SSSR count). The predicted molar refractivity (Wildman–Crippen MR) is 238 cm³/mol. The average Bonchev–Trinajstić information content (AvgIpc) is 3.62. The quantitative estimate of drug-likeness (QED) is 0.152. The molecule has 0 spiro atoms. The van der Waals surface area contributed by atoms with Gasteiger partial charge in [0.25, 0.3) is 0 Å². The number of nitrogens with zero attached hydrogens (tertiary/aromatic N) is 2. The number of para-hydroxylation sites is 1. The van der Waals surface area contributed by atoms with Crippen LogP contribution in [0, 0.1) is 0 Å². The molecule has 0 saturated carbocycles. The summed E-state index contributed by atoms with van der Waals surface area (Å²) in [5.41, 5.74) is 16.8. The molecular formula is C54H40N2. The van der Waals surface area contributed by atoms with Crippen molar-refractivity contribution in [1.82, 2.24) is 4.57 Å². The summed E-state index contributed by atoms with van der Waals surface area (Å²) in [4.78, 5) is 2.37. The second-order valence-corrected chi connectivity index (χ2v) is 14.5. The fraction of sp³-hybridized carbons (Fsp3) is 0.0370. The van der Waals surface area contributed by atoms with Gasteiger partial charge >= 0.3 is 0 Å². The van der Waals surface area contributed by atoms with Crippen LogP contribution in [-0.4, -0.2) is 4.57 Å². The molecule has 9 aromatic rings. The number of benzene rings is 8. The van der Waals surface area contributed by atoms with Crippen molar-refractivity contribution in [3.8, 4) is 39.1 Å². The second-order valence-electron chi connectivity index (χ2n) is 14.5. The van der Waals surface area contributed by atoms with E-state index in [2.05, 4.69) is 228 Å². The molecule has 0 fully saturated rings. The first-order chi connectivity index (χ1) is 27.8. The van der Waals surface area contributed by atoms with Crippen molar-refractivity contribution in [2.45, 2.75) is 12.8 Å². The molecule has 0 unspecified atom stereocenters. The number of fused-ring (bicyclic) bond motifs is 3. The lowest BCUT2D eigenvalue weighted by Gasteiger charge is -2.26. The summed E-state index contributed by atoms with van der Waals surface area (Å²) in [6.45, 7) is 0. The first-order valence-corrected chi connectivity index (χ1v) is 19.5. The summed E-state index contributed by atoms with van der Waals surface area (Å²) in [5, 5.41) is 2.47. The standard InChI is InChI=1S/C54H40N2/c1-4-12-39(13-5-1)42-20-22-43(23-21-42)46-28-34-49(35-29-46)56-53-19-11-10-18-51(53)52-37-36-50(38-54(52)56)55(47-30-24-44(25-31-47)40-14-6-2-7-15-40)48-32-26-45(27-33-48)41-16-8-3-9-17-41/h1-4,6-12,14-38H,5,13H2. The molecule has 2 nitrogen and oxygen atoms in total. The minimum absolute atomic E-state index is 1.10. The Hall–Kier alpha value is -7.16. The number of anilines is 3. The molecule has 0 amide bonds. The van der Waals surface area contributed by atoms with Gasteiger partial charge in [-0.3, -0.25) is 0 Å². The lowest BCUT2D eigenvalue weighted by molar-refractivity contribution is 1.05. The molecule has 1 heterocycles. The van der Waals surface area contributed by atoms with Gasteiger partial charge in [-0.05, 0) is 112 Å². The van der Waals surface area contributed by atoms with Gasteiger partial charge in [-0.1, -0.05) is 164 Å². The smallest absolute Gasteiger partial charge is 0.0561 e. The summed E-state index contributed by atoms with van der Waals surface area (Å²) >= 11 is 0. The fourth-order valence-electron chi connectivity index (χ4n) is 8.21. The minimum atomic E-state index is 1.10. The lowest BCUT2D eigenvalue weighted by atomic mass is 9.95. The summed E-state index contributed by atoms with van der Waals surface area (Å²) in [6, 6.07) is 72.8. The maximum atomic E-state index is 2.42. The zero-order chi connectivity index (χ0) is 37.3. The predicted octanol–water partition coefficient (Wildman–Crippen LogP) is 15.0. The Morgan fingerprint density at radius 2 is 0.839 bits per heavy atom. The highest BCUT2D eigenvalue weighted by Crippen LogP contribution is 2.41. The first kappa shape index (κ1) is 33.4. The molecular weight excluding hydrogens is 677 g/mol. The zero-order valence-corrected chi connectivity index (χ0v) is 31.1. The van der Waals surface area contributed by atoms with Crippen molar-refractivity contribution < 1.29 is 0 Å². The maximum absolute atomic E-state index is 2.42. The molecule has 0 atom stereocenters. The third-order valence-corrected chi connectivity index (χ3v) is 11.1. The van der Waals surface area contributed by atoms with E-state index < -0.39 is 0 Å². The van der Waals surface area contributed by atoms with Crippen molar-refractivity contribution >= 4 is 44.4 Å². The maximum Gasteiger partial charge on any atom is 0.0561 e. The summed E-state index contributed by atoms with van der Waals surface area (Å²) < 4.78 is 2.42. The van der Waals surface area contributed by atoms with Crippen molar-refractivity contribution in [2.24, 2.45) is 0 Å². The van der Waals surface area contributed by atoms with Gasteiger partial charge in [-0.15, -0.1) is 0 Å². The first-order valence-electron chi connectivity index (χ1n) is 19.5. The summed E-state index contributed by atoms with van der Waals surface area (Å²) in [6.07, 6.45) is 8.87. The Morgan fingerprint density at radius 3 is 1.41 bits per heavy atom. The van der Waals surface area contributed by atoms with Crippen LogP contribution in [0.1, 0.15) is 18.4 Å². The number of hydrogen-bond donors (Lipinski definition) is 0. The molecule has 0 aliphatic heterocycles. The zero-order valence-electron chi connectivity index (χ0n) is 31.1. The number of rotatable bonds is 8. The SMILES string of the molecule is C1=CCCC(c2ccc(-c3ccc(-n4c5ccccc5c5ccc(N(c6ccc(-c7ccccc7)cc6)c6ccc(-c7ccccc7)cc6)cc54)cc3)cc2)=C1. The third-order valence-electron chi connectivity index (χ3n) is 11.1. The van der Waals surface area contributed by atoms with Crippen LogP contribution in [0.15, 0.2) is 218 Å². The largest absolute Gasteiger partial charge is 0.310 e. The van der Waals surface area contributed by atoms with E-state index in [4.69, 9.17) is 0 Å². The van der Waals surface area contributed by atoms with Crippen LogP contribution in [0.25, 0.3) is 66.4 Å². The summed E-state index contributed by atoms with van der Waals surface area (Å²) in [7, 11) is 0. The average molecular weight is 717 g/mol. The van der Waals surface area contributed by atoms with E-state index in [1.54, 1.807) is 0 Å². The molecule has 1 aliphatic rings. The molecule has 2 heteroatoms. The van der Waals surface area contributed by atoms with Crippen LogP contribution >= 0.6 is 0 Å². The van der Waals surface area contributed by atoms with E-state index in [9.17, 15) is 0 Å². The van der Waals surface area contributed by atoms with E-state index >= 15 is 0 Å². The molecule has 1 aliphatic carbocycles. The molecule has 1 aromatic heterocycles. The Kier molecular flexibility index (Phi) is 8.70. The monoisotopic (exact) mass is 716 g/mol. The van der Waals surface area contributed by atoms with Gasteiger partial charge in [0.15, 0.2) is 0 Å². The highest BCUT2D eigenvalue weighted by Gasteiger charge is 2.18. The molecule has 266 valence electrons. The van der Waals surface area contributed by atoms with Crippen molar-refractivity contribution in [3.05, 3.63) is 224 Å². The van der Waals surface area contributed by atoms with E-state index in [0.29, 0.717) is 0 Å². The second kappa shape index (κ2) is 14.6. The Balaban J connectivity index is 1.06. The van der Waals surface area contributed by atoms with Crippen molar-refractivity contribution in [2.75, 3.05) is 4.90 Å². The molecule has 0 saturated heterocycles.